The van der Waals surface area contributed by atoms with Crippen molar-refractivity contribution in [3.8, 4) is 11.5 Å². The fourth-order valence-corrected chi connectivity index (χ4v) is 5.14. The van der Waals surface area contributed by atoms with Crippen molar-refractivity contribution in [1.82, 2.24) is 5.48 Å². The molecule has 1 aliphatic rings. The number of ether oxygens (including phenoxy) is 2. The van der Waals surface area contributed by atoms with E-state index in [1.165, 1.54) is 0 Å². The molecule has 6 heteroatoms. The first-order valence-corrected chi connectivity index (χ1v) is 13.6. The summed E-state index contributed by atoms with van der Waals surface area (Å²) in [5.41, 5.74) is 8.12. The number of nitrogens with zero attached hydrogens (tertiary/aromatic N) is 1. The second-order valence-corrected chi connectivity index (χ2v) is 9.95. The molecule has 1 aliphatic carbocycles. The molecule has 1 saturated carbocycles. The highest BCUT2D eigenvalue weighted by atomic mass is 16.5. The molecule has 0 heterocycles. The van der Waals surface area contributed by atoms with Crippen LogP contribution in [0.15, 0.2) is 120 Å². The lowest BCUT2D eigenvalue weighted by Gasteiger charge is -2.32. The molecule has 0 spiro atoms. The van der Waals surface area contributed by atoms with Gasteiger partial charge in [0.2, 0.25) is 0 Å². The minimum absolute atomic E-state index is 0.195. The Morgan fingerprint density at radius 2 is 1.32 bits per heavy atom. The second-order valence-electron chi connectivity index (χ2n) is 9.95. The Labute approximate surface area is 235 Å². The Kier molecular flexibility index (Phi) is 9.25. The van der Waals surface area contributed by atoms with Crippen LogP contribution in [0.3, 0.4) is 0 Å². The van der Waals surface area contributed by atoms with E-state index in [1.807, 2.05) is 109 Å². The molecule has 2 unspecified atom stereocenters. The molecule has 4 aromatic carbocycles. The summed E-state index contributed by atoms with van der Waals surface area (Å²) in [7, 11) is 0. The topological polar surface area (TPSA) is 83.3 Å². The molecule has 4 aromatic rings. The molecule has 0 saturated heterocycles. The van der Waals surface area contributed by atoms with Gasteiger partial charge in [0.15, 0.2) is 0 Å². The number of rotatable bonds is 10. The molecule has 0 radical (unpaired) electrons. The molecule has 2 atom stereocenters. The third-order valence-electron chi connectivity index (χ3n) is 7.25. The average molecular weight is 535 g/mol. The molecule has 6 nitrogen and oxygen atoms in total. The number of oxime groups is 1. The maximum atomic E-state index is 10.2. The maximum Gasteiger partial charge on any atom is 0.119 e. The summed E-state index contributed by atoms with van der Waals surface area (Å²) >= 11 is 0. The van der Waals surface area contributed by atoms with Crippen LogP contribution in [0.1, 0.15) is 47.6 Å². The van der Waals surface area contributed by atoms with Gasteiger partial charge in [-0.05, 0) is 77.4 Å². The number of allylic oxidation sites excluding steroid dienone is 1. The van der Waals surface area contributed by atoms with Gasteiger partial charge in [-0.1, -0.05) is 90.1 Å². The van der Waals surface area contributed by atoms with E-state index in [2.05, 4.69) is 16.7 Å². The normalized spacial score (nSPS) is 18.0. The van der Waals surface area contributed by atoms with Crippen molar-refractivity contribution in [2.45, 2.75) is 38.5 Å². The van der Waals surface area contributed by atoms with Crippen molar-refractivity contribution in [2.75, 3.05) is 0 Å². The van der Waals surface area contributed by atoms with Crippen molar-refractivity contribution >= 4 is 11.8 Å². The number of benzene rings is 4. The summed E-state index contributed by atoms with van der Waals surface area (Å²) in [6.07, 6.45) is 4.56. The Balaban J connectivity index is 1.25. The quantitative estimate of drug-likeness (QED) is 0.144. The molecule has 5 rings (SSSR count). The number of hydroxylamine groups is 1. The SMILES string of the molecule is O/N=C1/C(=C\c2ccc(OCc3ccccc3)cc2)CCCC1C(NO)c1ccc(OCc2ccccc2)cc1. The van der Waals surface area contributed by atoms with Gasteiger partial charge in [-0.3, -0.25) is 0 Å². The van der Waals surface area contributed by atoms with Gasteiger partial charge in [0.05, 0.1) is 11.8 Å². The van der Waals surface area contributed by atoms with E-state index in [-0.39, 0.29) is 5.92 Å². The van der Waals surface area contributed by atoms with Gasteiger partial charge in [-0.15, -0.1) is 0 Å². The third kappa shape index (κ3) is 6.97. The van der Waals surface area contributed by atoms with Gasteiger partial charge in [-0.25, -0.2) is 0 Å². The third-order valence-corrected chi connectivity index (χ3v) is 7.25. The Bertz CT molecular complexity index is 1400. The van der Waals surface area contributed by atoms with Crippen LogP contribution in [0.5, 0.6) is 11.5 Å². The van der Waals surface area contributed by atoms with Gasteiger partial charge in [0.1, 0.15) is 24.7 Å². The van der Waals surface area contributed by atoms with Crippen molar-refractivity contribution in [2.24, 2.45) is 11.1 Å². The molecule has 0 amide bonds. The molecule has 0 bridgehead atoms. The highest BCUT2D eigenvalue weighted by Gasteiger charge is 2.33. The summed E-state index contributed by atoms with van der Waals surface area (Å²) in [6.45, 7) is 1.00. The first-order valence-electron chi connectivity index (χ1n) is 13.6. The van der Waals surface area contributed by atoms with Crippen LogP contribution in [0.4, 0.5) is 0 Å². The summed E-state index contributed by atoms with van der Waals surface area (Å²) < 4.78 is 11.8. The van der Waals surface area contributed by atoms with Crippen molar-refractivity contribution < 1.29 is 19.9 Å². The van der Waals surface area contributed by atoms with E-state index < -0.39 is 6.04 Å². The van der Waals surface area contributed by atoms with Gasteiger partial charge in [-0.2, -0.15) is 5.48 Å². The van der Waals surface area contributed by atoms with Crippen LogP contribution < -0.4 is 15.0 Å². The van der Waals surface area contributed by atoms with Gasteiger partial charge in [0, 0.05) is 5.92 Å². The molecule has 0 aromatic heterocycles. The number of hydrogen-bond acceptors (Lipinski definition) is 6. The lowest BCUT2D eigenvalue weighted by molar-refractivity contribution is 0.106. The van der Waals surface area contributed by atoms with Crippen LogP contribution >= 0.6 is 0 Å². The smallest absolute Gasteiger partial charge is 0.119 e. The highest BCUT2D eigenvalue weighted by molar-refractivity contribution is 6.06. The Morgan fingerprint density at radius 1 is 0.775 bits per heavy atom. The molecule has 0 aliphatic heterocycles. The minimum atomic E-state index is -0.425. The lowest BCUT2D eigenvalue weighted by Crippen LogP contribution is -2.34. The average Bonchev–Trinajstić information content (AvgIpc) is 3.02. The van der Waals surface area contributed by atoms with Gasteiger partial charge >= 0.3 is 0 Å². The molecule has 3 N–H and O–H groups in total. The predicted octanol–water partition coefficient (Wildman–Crippen LogP) is 7.58. The van der Waals surface area contributed by atoms with E-state index in [0.717, 1.165) is 58.6 Å². The van der Waals surface area contributed by atoms with Gasteiger partial charge in [0.25, 0.3) is 0 Å². The fourth-order valence-electron chi connectivity index (χ4n) is 5.14. The number of hydrogen-bond donors (Lipinski definition) is 3. The summed E-state index contributed by atoms with van der Waals surface area (Å²) in [5.74, 6) is 1.35. The minimum Gasteiger partial charge on any atom is -0.489 e. The Morgan fingerprint density at radius 3 is 1.85 bits per heavy atom. The monoisotopic (exact) mass is 534 g/mol. The van der Waals surface area contributed by atoms with Crippen LogP contribution in [-0.2, 0) is 13.2 Å². The predicted molar refractivity (Wildman–Crippen MR) is 157 cm³/mol. The van der Waals surface area contributed by atoms with Crippen LogP contribution in [0, 0.1) is 5.92 Å². The van der Waals surface area contributed by atoms with Crippen molar-refractivity contribution in [1.29, 1.82) is 0 Å². The fraction of sp³-hybridized carbons (Fsp3) is 0.206. The van der Waals surface area contributed by atoms with Crippen LogP contribution in [-0.4, -0.2) is 16.1 Å². The standard InChI is InChI=1S/C34H34N2O4/c37-35-33(28-16-20-31(21-17-28)40-24-27-10-5-2-6-11-27)32-13-7-12-29(34(32)36-38)22-25-14-18-30(19-15-25)39-23-26-8-3-1-4-9-26/h1-6,8-11,14-22,32-33,35,37-38H,7,12-13,23-24H2/b29-22-,36-34-. The molecule has 40 heavy (non-hydrogen) atoms. The molecule has 1 fully saturated rings. The van der Waals surface area contributed by atoms with E-state index in [0.29, 0.717) is 18.9 Å². The molecular formula is C34H34N2O4. The zero-order chi connectivity index (χ0) is 27.6. The molecular weight excluding hydrogens is 500 g/mol. The number of nitrogens with one attached hydrogen (secondary N) is 1. The summed E-state index contributed by atoms with van der Waals surface area (Å²) in [4.78, 5) is 0. The zero-order valence-corrected chi connectivity index (χ0v) is 22.3. The van der Waals surface area contributed by atoms with E-state index in [1.54, 1.807) is 0 Å². The summed E-state index contributed by atoms with van der Waals surface area (Å²) in [6, 6.07) is 35.2. The van der Waals surface area contributed by atoms with Crippen LogP contribution in [0.2, 0.25) is 0 Å². The first kappa shape index (κ1) is 27.2. The van der Waals surface area contributed by atoms with Crippen molar-refractivity contribution in [3.63, 3.8) is 0 Å². The Hall–Kier alpha value is -4.39. The van der Waals surface area contributed by atoms with Gasteiger partial charge < -0.3 is 19.9 Å². The second kappa shape index (κ2) is 13.6. The van der Waals surface area contributed by atoms with E-state index >= 15 is 0 Å². The van der Waals surface area contributed by atoms with E-state index in [9.17, 15) is 10.4 Å². The van der Waals surface area contributed by atoms with E-state index in [4.69, 9.17) is 9.47 Å². The van der Waals surface area contributed by atoms with Crippen molar-refractivity contribution in [3.05, 3.63) is 137 Å². The summed E-state index contributed by atoms with van der Waals surface area (Å²) in [5, 5.41) is 23.9. The molecule has 204 valence electrons. The highest BCUT2D eigenvalue weighted by Crippen LogP contribution is 2.36. The maximum absolute atomic E-state index is 10.2. The zero-order valence-electron chi connectivity index (χ0n) is 22.3. The first-order chi connectivity index (χ1) is 19.7. The largest absolute Gasteiger partial charge is 0.489 e. The van der Waals surface area contributed by atoms with Crippen LogP contribution in [0.25, 0.3) is 6.08 Å². The lowest BCUT2D eigenvalue weighted by atomic mass is 9.77.